The van der Waals surface area contributed by atoms with Gasteiger partial charge in [0, 0.05) is 23.1 Å². The maximum atomic E-state index is 13.3. The Bertz CT molecular complexity index is 638. The molecule has 2 aromatic rings. The Morgan fingerprint density at radius 2 is 1.95 bits per heavy atom. The maximum absolute atomic E-state index is 13.3. The van der Waals surface area contributed by atoms with E-state index in [9.17, 15) is 4.39 Å². The van der Waals surface area contributed by atoms with Crippen molar-refractivity contribution in [3.8, 4) is 11.5 Å². The van der Waals surface area contributed by atoms with Gasteiger partial charge in [0.15, 0.2) is 0 Å². The van der Waals surface area contributed by atoms with Gasteiger partial charge >= 0.3 is 0 Å². The fraction of sp³-hybridized carbons (Fsp3) is 0.250. The Morgan fingerprint density at radius 1 is 1.14 bits per heavy atom. The van der Waals surface area contributed by atoms with E-state index in [1.54, 1.807) is 6.07 Å². The van der Waals surface area contributed by atoms with Crippen LogP contribution in [0.5, 0.6) is 11.5 Å². The first-order chi connectivity index (χ1) is 10.1. The minimum atomic E-state index is -0.333. The van der Waals surface area contributed by atoms with Crippen LogP contribution in [0, 0.1) is 5.82 Å². The third kappa shape index (κ3) is 4.28. The number of halogens is 3. The molecule has 5 heteroatoms. The van der Waals surface area contributed by atoms with Crippen molar-refractivity contribution in [3.63, 3.8) is 0 Å². The van der Waals surface area contributed by atoms with E-state index in [0.717, 1.165) is 11.0 Å². The quantitative estimate of drug-likeness (QED) is 0.707. The largest absolute Gasteiger partial charge is 0.456 e. The summed E-state index contributed by atoms with van der Waals surface area (Å²) in [5.74, 6) is 0.801. The molecule has 0 radical (unpaired) electrons. The molecule has 1 aliphatic rings. The van der Waals surface area contributed by atoms with Gasteiger partial charge < -0.3 is 10.1 Å². The molecule has 2 aromatic carbocycles. The van der Waals surface area contributed by atoms with Gasteiger partial charge in [-0.2, -0.15) is 0 Å². The van der Waals surface area contributed by atoms with Crippen molar-refractivity contribution in [2.45, 2.75) is 25.4 Å². The molecule has 0 amide bonds. The van der Waals surface area contributed by atoms with Gasteiger partial charge in [-0.1, -0.05) is 22.0 Å². The molecule has 0 unspecified atom stereocenters. The summed E-state index contributed by atoms with van der Waals surface area (Å²) in [5, 5.41) is 3.47. The maximum Gasteiger partial charge on any atom is 0.141 e. The Morgan fingerprint density at radius 3 is 2.62 bits per heavy atom. The van der Waals surface area contributed by atoms with Crippen LogP contribution in [0.3, 0.4) is 0 Å². The van der Waals surface area contributed by atoms with E-state index in [4.69, 9.17) is 4.74 Å². The standard InChI is InChI=1S/C16H14Br2FNO/c17-11-6-12(19)8-14(7-11)21-16-4-1-10(5-15(16)18)9-20-13-2-3-13/h1,4-8,13,20H,2-3,9H2. The molecule has 0 heterocycles. The fourth-order valence-electron chi connectivity index (χ4n) is 2.00. The molecular formula is C16H14Br2FNO. The molecular weight excluding hydrogens is 401 g/mol. The lowest BCUT2D eigenvalue weighted by Gasteiger charge is -2.10. The van der Waals surface area contributed by atoms with Crippen LogP contribution in [-0.2, 0) is 6.54 Å². The summed E-state index contributed by atoms with van der Waals surface area (Å²) < 4.78 is 20.6. The lowest BCUT2D eigenvalue weighted by Crippen LogP contribution is -2.15. The molecule has 0 aromatic heterocycles. The number of rotatable bonds is 5. The Labute approximate surface area is 140 Å². The van der Waals surface area contributed by atoms with Crippen LogP contribution in [0.25, 0.3) is 0 Å². The molecule has 1 N–H and O–H groups in total. The van der Waals surface area contributed by atoms with Crippen molar-refractivity contribution < 1.29 is 9.13 Å². The average Bonchev–Trinajstić information content (AvgIpc) is 3.22. The molecule has 0 bridgehead atoms. The van der Waals surface area contributed by atoms with E-state index in [1.165, 1.54) is 30.5 Å². The SMILES string of the molecule is Fc1cc(Br)cc(Oc2ccc(CNC3CC3)cc2Br)c1. The summed E-state index contributed by atoms with van der Waals surface area (Å²) in [7, 11) is 0. The topological polar surface area (TPSA) is 21.3 Å². The third-order valence-electron chi connectivity index (χ3n) is 3.23. The molecule has 1 saturated carbocycles. The van der Waals surface area contributed by atoms with Gasteiger partial charge in [0.1, 0.15) is 17.3 Å². The van der Waals surface area contributed by atoms with E-state index in [1.807, 2.05) is 18.2 Å². The molecule has 2 nitrogen and oxygen atoms in total. The number of benzene rings is 2. The van der Waals surface area contributed by atoms with Gasteiger partial charge in [-0.25, -0.2) is 4.39 Å². The van der Waals surface area contributed by atoms with E-state index in [-0.39, 0.29) is 5.82 Å². The molecule has 3 rings (SSSR count). The highest BCUT2D eigenvalue weighted by atomic mass is 79.9. The Balaban J connectivity index is 1.72. The highest BCUT2D eigenvalue weighted by molar-refractivity contribution is 9.10. The van der Waals surface area contributed by atoms with Gasteiger partial charge in [0.05, 0.1) is 4.47 Å². The van der Waals surface area contributed by atoms with Gasteiger partial charge in [-0.15, -0.1) is 0 Å². The summed E-state index contributed by atoms with van der Waals surface area (Å²) in [6.07, 6.45) is 2.55. The second-order valence-electron chi connectivity index (χ2n) is 5.13. The lowest BCUT2D eigenvalue weighted by molar-refractivity contribution is 0.473. The summed E-state index contributed by atoms with van der Waals surface area (Å²) in [6, 6.07) is 11.1. The Hall–Kier alpha value is -0.910. The van der Waals surface area contributed by atoms with Crippen molar-refractivity contribution >= 4 is 31.9 Å². The average molecular weight is 415 g/mol. The van der Waals surface area contributed by atoms with Crippen LogP contribution in [0.2, 0.25) is 0 Å². The first-order valence-corrected chi connectivity index (χ1v) is 8.34. The normalized spacial score (nSPS) is 14.2. The zero-order chi connectivity index (χ0) is 14.8. The fourth-order valence-corrected chi connectivity index (χ4v) is 2.95. The molecule has 21 heavy (non-hydrogen) atoms. The highest BCUT2D eigenvalue weighted by Gasteiger charge is 2.20. The molecule has 1 fully saturated rings. The predicted octanol–water partition coefficient (Wildman–Crippen LogP) is 5.40. The van der Waals surface area contributed by atoms with Crippen LogP contribution in [0.4, 0.5) is 4.39 Å². The summed E-state index contributed by atoms with van der Waals surface area (Å²) >= 11 is 6.76. The minimum absolute atomic E-state index is 0.333. The van der Waals surface area contributed by atoms with Crippen molar-refractivity contribution in [2.24, 2.45) is 0 Å². The van der Waals surface area contributed by atoms with Crippen LogP contribution in [-0.4, -0.2) is 6.04 Å². The first-order valence-electron chi connectivity index (χ1n) is 6.76. The molecule has 0 atom stereocenters. The third-order valence-corrected chi connectivity index (χ3v) is 4.31. The zero-order valence-corrected chi connectivity index (χ0v) is 14.4. The second kappa shape index (κ2) is 6.46. The molecule has 0 aliphatic heterocycles. The van der Waals surface area contributed by atoms with Gasteiger partial charge in [-0.3, -0.25) is 0 Å². The number of ether oxygens (including phenoxy) is 1. The van der Waals surface area contributed by atoms with Gasteiger partial charge in [0.25, 0.3) is 0 Å². The molecule has 110 valence electrons. The van der Waals surface area contributed by atoms with Crippen LogP contribution >= 0.6 is 31.9 Å². The Kier molecular flexibility index (Phi) is 4.62. The molecule has 0 spiro atoms. The number of hydrogen-bond acceptors (Lipinski definition) is 2. The smallest absolute Gasteiger partial charge is 0.141 e. The van der Waals surface area contributed by atoms with Crippen LogP contribution < -0.4 is 10.1 Å². The van der Waals surface area contributed by atoms with Gasteiger partial charge in [-0.05, 0) is 58.6 Å². The van der Waals surface area contributed by atoms with E-state index >= 15 is 0 Å². The summed E-state index contributed by atoms with van der Waals surface area (Å²) in [6.45, 7) is 0.856. The van der Waals surface area contributed by atoms with Crippen LogP contribution in [0.15, 0.2) is 45.3 Å². The van der Waals surface area contributed by atoms with E-state index in [0.29, 0.717) is 22.0 Å². The minimum Gasteiger partial charge on any atom is -0.456 e. The van der Waals surface area contributed by atoms with Crippen molar-refractivity contribution in [2.75, 3.05) is 0 Å². The monoisotopic (exact) mass is 413 g/mol. The van der Waals surface area contributed by atoms with Crippen molar-refractivity contribution in [1.82, 2.24) is 5.32 Å². The predicted molar refractivity (Wildman–Crippen MR) is 88.2 cm³/mol. The molecule has 1 aliphatic carbocycles. The number of hydrogen-bond donors (Lipinski definition) is 1. The van der Waals surface area contributed by atoms with Gasteiger partial charge in [0.2, 0.25) is 0 Å². The van der Waals surface area contributed by atoms with Crippen molar-refractivity contribution in [1.29, 1.82) is 0 Å². The van der Waals surface area contributed by atoms with Crippen molar-refractivity contribution in [3.05, 3.63) is 56.7 Å². The van der Waals surface area contributed by atoms with E-state index in [2.05, 4.69) is 37.2 Å². The zero-order valence-electron chi connectivity index (χ0n) is 11.2. The van der Waals surface area contributed by atoms with Crippen LogP contribution in [0.1, 0.15) is 18.4 Å². The molecule has 0 saturated heterocycles. The second-order valence-corrected chi connectivity index (χ2v) is 6.90. The first kappa shape index (κ1) is 15.0. The summed E-state index contributed by atoms with van der Waals surface area (Å²) in [5.41, 5.74) is 1.20. The highest BCUT2D eigenvalue weighted by Crippen LogP contribution is 2.32. The lowest BCUT2D eigenvalue weighted by atomic mass is 10.2. The van der Waals surface area contributed by atoms with E-state index < -0.39 is 0 Å². The number of nitrogens with one attached hydrogen (secondary N) is 1. The summed E-state index contributed by atoms with van der Waals surface area (Å²) in [4.78, 5) is 0.